The van der Waals surface area contributed by atoms with Crippen LogP contribution in [0.25, 0.3) is 17.2 Å². The number of nitrogen functional groups attached to an aromatic ring is 1. The van der Waals surface area contributed by atoms with E-state index in [1.807, 2.05) is 12.1 Å². The van der Waals surface area contributed by atoms with Crippen LogP contribution in [0.5, 0.6) is 0 Å². The Bertz CT molecular complexity index is 1210. The lowest BCUT2D eigenvalue weighted by Crippen LogP contribution is -2.58. The summed E-state index contributed by atoms with van der Waals surface area (Å²) in [6, 6.07) is 5.28. The van der Waals surface area contributed by atoms with Crippen molar-refractivity contribution in [3.05, 3.63) is 24.5 Å². The molecule has 2 N–H and O–H groups in total. The lowest BCUT2D eigenvalue weighted by Gasteiger charge is -2.45. The Balaban J connectivity index is 1.06. The minimum Gasteiger partial charge on any atom is -0.461 e. The molecule has 0 bridgehead atoms. The van der Waals surface area contributed by atoms with Gasteiger partial charge in [-0.2, -0.15) is 9.50 Å². The van der Waals surface area contributed by atoms with E-state index in [0.29, 0.717) is 23.0 Å². The van der Waals surface area contributed by atoms with Crippen molar-refractivity contribution in [1.82, 2.24) is 29.4 Å². The summed E-state index contributed by atoms with van der Waals surface area (Å²) in [5.74, 6) is 3.76. The van der Waals surface area contributed by atoms with E-state index in [0.717, 1.165) is 50.7 Å². The van der Waals surface area contributed by atoms with Crippen LogP contribution in [-0.4, -0.2) is 80.6 Å². The van der Waals surface area contributed by atoms with Crippen molar-refractivity contribution in [1.29, 1.82) is 0 Å². The molecule has 3 aromatic heterocycles. The van der Waals surface area contributed by atoms with Gasteiger partial charge in [-0.3, -0.25) is 4.79 Å². The molecule has 1 atom stereocenters. The molecule has 10 nitrogen and oxygen atoms in total. The first-order chi connectivity index (χ1) is 18.1. The number of amides is 1. The quantitative estimate of drug-likeness (QED) is 0.520. The van der Waals surface area contributed by atoms with Crippen molar-refractivity contribution >= 4 is 23.3 Å². The minimum atomic E-state index is -0.180. The summed E-state index contributed by atoms with van der Waals surface area (Å²) < 4.78 is 6.93. The molecule has 6 heterocycles. The van der Waals surface area contributed by atoms with Crippen molar-refractivity contribution in [2.45, 2.75) is 57.9 Å². The number of likely N-dealkylation sites (tertiary alicyclic amines) is 2. The molecular weight excluding hydrogens is 468 g/mol. The molecule has 1 amide bonds. The second kappa shape index (κ2) is 10.3. The number of anilines is 2. The zero-order chi connectivity index (χ0) is 25.4. The van der Waals surface area contributed by atoms with E-state index in [2.05, 4.69) is 36.7 Å². The van der Waals surface area contributed by atoms with Gasteiger partial charge in [0.05, 0.1) is 6.26 Å². The Hall–Kier alpha value is -3.14. The monoisotopic (exact) mass is 506 g/mol. The van der Waals surface area contributed by atoms with Gasteiger partial charge in [0.1, 0.15) is 11.9 Å². The van der Waals surface area contributed by atoms with Crippen LogP contribution in [0.2, 0.25) is 0 Å². The Kier molecular flexibility index (Phi) is 6.75. The number of carbonyl (C=O) groups excluding carboxylic acids is 1. The highest BCUT2D eigenvalue weighted by atomic mass is 16.3. The maximum atomic E-state index is 13.5. The van der Waals surface area contributed by atoms with Gasteiger partial charge in [0.15, 0.2) is 11.4 Å². The topological polar surface area (TPSA) is 109 Å². The number of hydrogen-bond donors (Lipinski definition) is 1. The van der Waals surface area contributed by atoms with E-state index >= 15 is 0 Å². The van der Waals surface area contributed by atoms with E-state index in [1.54, 1.807) is 12.3 Å². The number of piperidine rings is 2. The fourth-order valence-corrected chi connectivity index (χ4v) is 6.31. The van der Waals surface area contributed by atoms with Crippen molar-refractivity contribution in [2.75, 3.05) is 49.9 Å². The Morgan fingerprint density at radius 2 is 1.81 bits per heavy atom. The van der Waals surface area contributed by atoms with Gasteiger partial charge in [-0.1, -0.05) is 13.3 Å². The fraction of sp³-hybridized carbons (Fsp3) is 0.630. The number of aromatic nitrogens is 4. The highest BCUT2D eigenvalue weighted by Crippen LogP contribution is 2.34. The van der Waals surface area contributed by atoms with Gasteiger partial charge in [0, 0.05) is 25.7 Å². The minimum absolute atomic E-state index is 0.180. The van der Waals surface area contributed by atoms with E-state index in [-0.39, 0.29) is 17.9 Å². The van der Waals surface area contributed by atoms with Crippen molar-refractivity contribution in [2.24, 2.45) is 11.8 Å². The number of hydrogen-bond acceptors (Lipinski definition) is 8. The van der Waals surface area contributed by atoms with Gasteiger partial charge in [-0.25, -0.2) is 4.98 Å². The summed E-state index contributed by atoms with van der Waals surface area (Å²) in [5.41, 5.74) is 6.81. The van der Waals surface area contributed by atoms with Crippen LogP contribution in [0.1, 0.15) is 51.9 Å². The zero-order valence-corrected chi connectivity index (χ0v) is 21.8. The van der Waals surface area contributed by atoms with Gasteiger partial charge in [-0.15, -0.1) is 5.10 Å². The van der Waals surface area contributed by atoms with Crippen LogP contribution in [0.3, 0.4) is 0 Å². The third kappa shape index (κ3) is 4.79. The number of nitrogens with two attached hydrogens (primary N) is 1. The van der Waals surface area contributed by atoms with Crippen LogP contribution >= 0.6 is 0 Å². The molecule has 0 unspecified atom stereocenters. The molecule has 3 aliphatic rings. The molecule has 3 fully saturated rings. The Morgan fingerprint density at radius 3 is 2.46 bits per heavy atom. The number of furan rings is 1. The SMILES string of the molecule is CCCCN1CCC(C2CCN(C(=O)[C@@H]3CCN3c3cc4nc(-c5ccco5)nn4c(N)n3)CC2)CC1. The first-order valence-electron chi connectivity index (χ1n) is 14.0. The number of nitrogens with zero attached hydrogens (tertiary/aromatic N) is 7. The van der Waals surface area contributed by atoms with Gasteiger partial charge in [0.25, 0.3) is 0 Å². The van der Waals surface area contributed by atoms with Crippen LogP contribution < -0.4 is 10.6 Å². The second-order valence-electron chi connectivity index (χ2n) is 10.8. The lowest BCUT2D eigenvalue weighted by atomic mass is 9.78. The number of rotatable bonds is 7. The zero-order valence-electron chi connectivity index (χ0n) is 21.8. The largest absolute Gasteiger partial charge is 0.461 e. The molecule has 3 saturated heterocycles. The Morgan fingerprint density at radius 1 is 1.05 bits per heavy atom. The van der Waals surface area contributed by atoms with Crippen LogP contribution in [-0.2, 0) is 4.79 Å². The molecule has 0 aliphatic carbocycles. The number of unbranched alkanes of at least 4 members (excludes halogenated alkanes) is 1. The number of fused-ring (bicyclic) bond motifs is 1. The average Bonchev–Trinajstić information content (AvgIpc) is 3.58. The van der Waals surface area contributed by atoms with Gasteiger partial charge in [-0.05, 0) is 82.1 Å². The normalized spacial score (nSPS) is 22.0. The predicted octanol–water partition coefficient (Wildman–Crippen LogP) is 3.30. The van der Waals surface area contributed by atoms with E-state index in [1.165, 1.54) is 49.8 Å². The second-order valence-corrected chi connectivity index (χ2v) is 10.8. The molecule has 0 saturated carbocycles. The Labute approximate surface area is 217 Å². The highest BCUT2D eigenvalue weighted by Gasteiger charge is 2.40. The first kappa shape index (κ1) is 24.2. The standard InChI is InChI=1S/C27H38N8O2/c1-2-3-11-32-12-6-19(7-13-32)20-8-14-33(15-9-20)26(36)21-10-16-34(21)23-18-24-29-25(22-5-4-17-37-22)31-35(24)27(28)30-23/h4-5,17-21H,2-3,6-16H2,1H3,(H2,28,30)/t21-/m0/s1. The lowest BCUT2D eigenvalue weighted by molar-refractivity contribution is -0.135. The third-order valence-corrected chi connectivity index (χ3v) is 8.66. The molecule has 6 rings (SSSR count). The summed E-state index contributed by atoms with van der Waals surface area (Å²) in [4.78, 5) is 29.4. The summed E-state index contributed by atoms with van der Waals surface area (Å²) in [6.07, 6.45) is 9.91. The van der Waals surface area contributed by atoms with Gasteiger partial charge >= 0.3 is 0 Å². The summed E-state index contributed by atoms with van der Waals surface area (Å²) >= 11 is 0. The van der Waals surface area contributed by atoms with Crippen molar-refractivity contribution in [3.8, 4) is 11.6 Å². The molecule has 37 heavy (non-hydrogen) atoms. The summed E-state index contributed by atoms with van der Waals surface area (Å²) in [7, 11) is 0. The van der Waals surface area contributed by atoms with Crippen LogP contribution in [0.15, 0.2) is 28.9 Å². The van der Waals surface area contributed by atoms with Gasteiger partial charge in [0.2, 0.25) is 17.7 Å². The molecule has 3 aromatic rings. The molecular formula is C27H38N8O2. The maximum absolute atomic E-state index is 13.5. The van der Waals surface area contributed by atoms with E-state index in [9.17, 15) is 4.79 Å². The molecule has 0 aromatic carbocycles. The highest BCUT2D eigenvalue weighted by molar-refractivity contribution is 5.87. The molecule has 0 radical (unpaired) electrons. The van der Waals surface area contributed by atoms with Gasteiger partial charge < -0.3 is 24.9 Å². The summed E-state index contributed by atoms with van der Waals surface area (Å²) in [6.45, 7) is 8.54. The average molecular weight is 507 g/mol. The van der Waals surface area contributed by atoms with E-state index < -0.39 is 0 Å². The summed E-state index contributed by atoms with van der Waals surface area (Å²) in [5, 5.41) is 4.42. The number of carbonyl (C=O) groups is 1. The molecule has 10 heteroatoms. The van der Waals surface area contributed by atoms with Crippen molar-refractivity contribution in [3.63, 3.8) is 0 Å². The predicted molar refractivity (Wildman–Crippen MR) is 142 cm³/mol. The third-order valence-electron chi connectivity index (χ3n) is 8.66. The van der Waals surface area contributed by atoms with E-state index in [4.69, 9.17) is 10.2 Å². The van der Waals surface area contributed by atoms with Crippen LogP contribution in [0.4, 0.5) is 11.8 Å². The first-order valence-corrected chi connectivity index (χ1v) is 14.0. The molecule has 0 spiro atoms. The maximum Gasteiger partial charge on any atom is 0.245 e. The smallest absolute Gasteiger partial charge is 0.245 e. The molecule has 3 aliphatic heterocycles. The van der Waals surface area contributed by atoms with Crippen molar-refractivity contribution < 1.29 is 9.21 Å². The molecule has 198 valence electrons. The van der Waals surface area contributed by atoms with Crippen LogP contribution in [0, 0.1) is 11.8 Å². The fourth-order valence-electron chi connectivity index (χ4n) is 6.31.